The molecule has 126 valence electrons. The molecular formula is C16H25BrCl2N2O. The van der Waals surface area contributed by atoms with E-state index in [9.17, 15) is 0 Å². The molecule has 0 radical (unpaired) electrons. The number of hydrogen-bond donors (Lipinski definition) is 1. The molecule has 0 unspecified atom stereocenters. The van der Waals surface area contributed by atoms with E-state index in [0.717, 1.165) is 42.8 Å². The van der Waals surface area contributed by atoms with Crippen LogP contribution in [-0.4, -0.2) is 38.2 Å². The van der Waals surface area contributed by atoms with Crippen LogP contribution < -0.4 is 10.1 Å². The Bertz CT molecular complexity index is 479. The van der Waals surface area contributed by atoms with Crippen molar-refractivity contribution in [2.45, 2.75) is 19.4 Å². The largest absolute Gasteiger partial charge is 0.496 e. The Kier molecular flexibility index (Phi) is 10.4. The molecule has 1 N–H and O–H groups in total. The van der Waals surface area contributed by atoms with Crippen molar-refractivity contribution >= 4 is 40.7 Å². The van der Waals surface area contributed by atoms with E-state index in [1.54, 1.807) is 7.11 Å². The minimum Gasteiger partial charge on any atom is -0.496 e. The van der Waals surface area contributed by atoms with Gasteiger partial charge in [0.1, 0.15) is 5.75 Å². The van der Waals surface area contributed by atoms with Crippen LogP contribution >= 0.6 is 40.7 Å². The van der Waals surface area contributed by atoms with Crippen molar-refractivity contribution in [1.82, 2.24) is 10.2 Å². The Labute approximate surface area is 154 Å². The van der Waals surface area contributed by atoms with Crippen molar-refractivity contribution in [3.63, 3.8) is 0 Å². The number of nitrogens with zero attached hydrogens (tertiary/aromatic N) is 1. The van der Waals surface area contributed by atoms with Crippen LogP contribution in [0.15, 0.2) is 34.8 Å². The lowest BCUT2D eigenvalue weighted by atomic mass is 9.98. The molecule has 1 fully saturated rings. The van der Waals surface area contributed by atoms with Crippen LogP contribution in [0.5, 0.6) is 5.75 Å². The Balaban J connectivity index is 0.00000220. The van der Waals surface area contributed by atoms with Gasteiger partial charge in [-0.25, -0.2) is 0 Å². The zero-order valence-corrected chi connectivity index (χ0v) is 16.3. The van der Waals surface area contributed by atoms with Gasteiger partial charge in [-0.2, -0.15) is 0 Å². The summed E-state index contributed by atoms with van der Waals surface area (Å²) in [7, 11) is 1.70. The van der Waals surface area contributed by atoms with E-state index in [1.165, 1.54) is 11.1 Å². The van der Waals surface area contributed by atoms with Gasteiger partial charge in [0, 0.05) is 32.2 Å². The summed E-state index contributed by atoms with van der Waals surface area (Å²) in [6.45, 7) is 10.5. The lowest BCUT2D eigenvalue weighted by Gasteiger charge is -2.35. The van der Waals surface area contributed by atoms with Crippen LogP contribution in [-0.2, 0) is 0 Å². The zero-order valence-electron chi connectivity index (χ0n) is 13.1. The van der Waals surface area contributed by atoms with Gasteiger partial charge in [0.2, 0.25) is 0 Å². The van der Waals surface area contributed by atoms with Gasteiger partial charge in [-0.1, -0.05) is 11.6 Å². The molecule has 3 nitrogen and oxygen atoms in total. The van der Waals surface area contributed by atoms with E-state index >= 15 is 0 Å². The lowest BCUT2D eigenvalue weighted by Crippen LogP contribution is -2.45. The fourth-order valence-corrected chi connectivity index (χ4v) is 3.23. The molecule has 1 aromatic rings. The second kappa shape index (κ2) is 10.5. The maximum absolute atomic E-state index is 5.32. The minimum atomic E-state index is 0. The van der Waals surface area contributed by atoms with Crippen LogP contribution in [0, 0.1) is 0 Å². The third kappa shape index (κ3) is 5.74. The SMILES string of the molecule is C=C(C)C[C@@H](c1ccc(OC)c(Br)c1)N1CCNCC1.Cl.Cl. The average molecular weight is 412 g/mol. The lowest BCUT2D eigenvalue weighted by molar-refractivity contribution is 0.172. The fourth-order valence-electron chi connectivity index (χ4n) is 2.67. The van der Waals surface area contributed by atoms with Crippen molar-refractivity contribution in [1.29, 1.82) is 0 Å². The average Bonchev–Trinajstić information content (AvgIpc) is 2.45. The number of nitrogens with one attached hydrogen (secondary N) is 1. The van der Waals surface area contributed by atoms with Crippen LogP contribution in [0.4, 0.5) is 0 Å². The summed E-state index contributed by atoms with van der Waals surface area (Å²) in [4.78, 5) is 2.54. The second-order valence-corrected chi connectivity index (χ2v) is 6.21. The summed E-state index contributed by atoms with van der Waals surface area (Å²) in [5.41, 5.74) is 2.54. The Morgan fingerprint density at radius 3 is 2.50 bits per heavy atom. The van der Waals surface area contributed by atoms with E-state index < -0.39 is 0 Å². The van der Waals surface area contributed by atoms with E-state index in [2.05, 4.69) is 51.8 Å². The summed E-state index contributed by atoms with van der Waals surface area (Å²) in [5.74, 6) is 0.878. The number of rotatable bonds is 5. The van der Waals surface area contributed by atoms with Crippen molar-refractivity contribution in [2.24, 2.45) is 0 Å². The Morgan fingerprint density at radius 2 is 2.00 bits per heavy atom. The third-order valence-corrected chi connectivity index (χ3v) is 4.31. The molecule has 0 saturated carbocycles. The van der Waals surface area contributed by atoms with Gasteiger partial charge in [0.05, 0.1) is 11.6 Å². The summed E-state index contributed by atoms with van der Waals surface area (Å²) in [5, 5.41) is 3.41. The molecule has 6 heteroatoms. The quantitative estimate of drug-likeness (QED) is 0.734. The molecule has 0 bridgehead atoms. The smallest absolute Gasteiger partial charge is 0.133 e. The number of methoxy groups -OCH3 is 1. The normalized spacial score (nSPS) is 16.1. The second-order valence-electron chi connectivity index (χ2n) is 5.36. The summed E-state index contributed by atoms with van der Waals surface area (Å²) in [6.07, 6.45) is 0.999. The number of halogens is 3. The molecule has 1 atom stereocenters. The summed E-state index contributed by atoms with van der Waals surface area (Å²) >= 11 is 3.59. The minimum absolute atomic E-state index is 0. The van der Waals surface area contributed by atoms with E-state index in [-0.39, 0.29) is 24.8 Å². The topological polar surface area (TPSA) is 24.5 Å². The van der Waals surface area contributed by atoms with Gasteiger partial charge in [-0.15, -0.1) is 31.4 Å². The molecule has 1 heterocycles. The van der Waals surface area contributed by atoms with Gasteiger partial charge < -0.3 is 10.1 Å². The first-order valence-electron chi connectivity index (χ1n) is 7.04. The molecule has 22 heavy (non-hydrogen) atoms. The molecule has 2 rings (SSSR count). The molecule has 0 spiro atoms. The summed E-state index contributed by atoms with van der Waals surface area (Å²) in [6, 6.07) is 6.78. The first kappa shape index (κ1) is 21.7. The number of piperazine rings is 1. The van der Waals surface area contributed by atoms with Gasteiger partial charge in [-0.3, -0.25) is 4.90 Å². The van der Waals surface area contributed by atoms with Gasteiger partial charge in [0.15, 0.2) is 0 Å². The number of benzene rings is 1. The van der Waals surface area contributed by atoms with Crippen molar-refractivity contribution in [3.05, 3.63) is 40.4 Å². The highest BCUT2D eigenvalue weighted by atomic mass is 79.9. The highest BCUT2D eigenvalue weighted by Gasteiger charge is 2.22. The van der Waals surface area contributed by atoms with Crippen molar-refractivity contribution < 1.29 is 4.74 Å². The molecule has 1 aliphatic heterocycles. The van der Waals surface area contributed by atoms with Gasteiger partial charge in [0.25, 0.3) is 0 Å². The Morgan fingerprint density at radius 1 is 1.36 bits per heavy atom. The molecule has 1 saturated heterocycles. The fraction of sp³-hybridized carbons (Fsp3) is 0.500. The van der Waals surface area contributed by atoms with Crippen LogP contribution in [0.3, 0.4) is 0 Å². The molecular weight excluding hydrogens is 387 g/mol. The van der Waals surface area contributed by atoms with Crippen LogP contribution in [0.25, 0.3) is 0 Å². The molecule has 0 amide bonds. The maximum atomic E-state index is 5.32. The number of hydrogen-bond acceptors (Lipinski definition) is 3. The van der Waals surface area contributed by atoms with E-state index in [1.807, 2.05) is 6.07 Å². The first-order chi connectivity index (χ1) is 9.61. The van der Waals surface area contributed by atoms with Gasteiger partial charge >= 0.3 is 0 Å². The molecule has 0 aliphatic carbocycles. The van der Waals surface area contributed by atoms with Crippen LogP contribution in [0.2, 0.25) is 0 Å². The summed E-state index contributed by atoms with van der Waals surface area (Å²) < 4.78 is 6.33. The molecule has 0 aromatic heterocycles. The Hall–Kier alpha value is -0.260. The molecule has 1 aromatic carbocycles. The third-order valence-electron chi connectivity index (χ3n) is 3.69. The van der Waals surface area contributed by atoms with E-state index in [0.29, 0.717) is 6.04 Å². The van der Waals surface area contributed by atoms with Crippen molar-refractivity contribution in [3.8, 4) is 5.75 Å². The molecule has 1 aliphatic rings. The first-order valence-corrected chi connectivity index (χ1v) is 7.83. The van der Waals surface area contributed by atoms with E-state index in [4.69, 9.17) is 4.74 Å². The predicted octanol–water partition coefficient (Wildman–Crippen LogP) is 4.21. The van der Waals surface area contributed by atoms with Crippen molar-refractivity contribution in [2.75, 3.05) is 33.3 Å². The highest BCUT2D eigenvalue weighted by molar-refractivity contribution is 9.10. The maximum Gasteiger partial charge on any atom is 0.133 e. The van der Waals surface area contributed by atoms with Crippen LogP contribution in [0.1, 0.15) is 24.9 Å². The number of ether oxygens (including phenoxy) is 1. The highest BCUT2D eigenvalue weighted by Crippen LogP contribution is 2.33. The standard InChI is InChI=1S/C16H23BrN2O.2ClH/c1-12(2)10-15(19-8-6-18-7-9-19)13-4-5-16(20-3)14(17)11-13;;/h4-5,11,15,18H,1,6-10H2,2-3H3;2*1H/t15-;;/m0../s1. The van der Waals surface area contributed by atoms with Gasteiger partial charge in [-0.05, 0) is 47.0 Å². The monoisotopic (exact) mass is 410 g/mol. The zero-order chi connectivity index (χ0) is 14.5. The predicted molar refractivity (Wildman–Crippen MR) is 102 cm³/mol.